The molecule has 0 radical (unpaired) electrons. The zero-order valence-corrected chi connectivity index (χ0v) is 13.3. The maximum atomic E-state index is 12.3. The summed E-state index contributed by atoms with van der Waals surface area (Å²) >= 11 is 0. The van der Waals surface area contributed by atoms with E-state index in [1.165, 1.54) is 16.7 Å². The topological polar surface area (TPSA) is 59.2 Å². The molecular weight excluding hydrogens is 278 g/mol. The predicted octanol–water partition coefficient (Wildman–Crippen LogP) is 3.11. The monoisotopic (exact) mass is 299 g/mol. The molecule has 22 heavy (non-hydrogen) atoms. The van der Waals surface area contributed by atoms with Gasteiger partial charge in [-0.2, -0.15) is 4.98 Å². The van der Waals surface area contributed by atoms with E-state index in [1.807, 2.05) is 11.8 Å². The van der Waals surface area contributed by atoms with Crippen LogP contribution in [0.2, 0.25) is 0 Å². The number of aryl methyl sites for hydroxylation is 3. The fourth-order valence-corrected chi connectivity index (χ4v) is 2.94. The van der Waals surface area contributed by atoms with E-state index in [2.05, 4.69) is 42.2 Å². The van der Waals surface area contributed by atoms with Gasteiger partial charge < -0.3 is 9.42 Å². The van der Waals surface area contributed by atoms with Gasteiger partial charge in [0.05, 0.1) is 0 Å². The summed E-state index contributed by atoms with van der Waals surface area (Å²) in [6, 6.07) is 6.23. The second-order valence-electron chi connectivity index (χ2n) is 5.91. The number of likely N-dealkylation sites (tertiary alicyclic amines) is 1. The summed E-state index contributed by atoms with van der Waals surface area (Å²) < 4.78 is 5.35. The van der Waals surface area contributed by atoms with Crippen molar-refractivity contribution in [1.29, 1.82) is 0 Å². The number of rotatable bonds is 4. The molecule has 1 saturated heterocycles. The van der Waals surface area contributed by atoms with Crippen molar-refractivity contribution in [2.24, 2.45) is 0 Å². The lowest BCUT2D eigenvalue weighted by atomic mass is 10.0. The third kappa shape index (κ3) is 2.75. The Morgan fingerprint density at radius 2 is 2.18 bits per heavy atom. The second-order valence-corrected chi connectivity index (χ2v) is 5.91. The van der Waals surface area contributed by atoms with Gasteiger partial charge in [-0.1, -0.05) is 35.8 Å². The van der Waals surface area contributed by atoms with Gasteiger partial charge in [-0.25, -0.2) is 0 Å². The van der Waals surface area contributed by atoms with Gasteiger partial charge in [-0.3, -0.25) is 4.79 Å². The van der Waals surface area contributed by atoms with Crippen LogP contribution in [-0.2, 0) is 17.8 Å². The Hall–Kier alpha value is -2.17. The average molecular weight is 299 g/mol. The summed E-state index contributed by atoms with van der Waals surface area (Å²) in [4.78, 5) is 18.5. The minimum Gasteiger partial charge on any atom is -0.337 e. The number of carbonyl (C=O) groups excluding carboxylic acids is 1. The summed E-state index contributed by atoms with van der Waals surface area (Å²) in [5, 5.41) is 3.95. The van der Waals surface area contributed by atoms with Gasteiger partial charge in [-0.15, -0.1) is 0 Å². The minimum atomic E-state index is -0.0963. The van der Waals surface area contributed by atoms with E-state index in [0.717, 1.165) is 12.8 Å². The maximum Gasteiger partial charge on any atom is 0.249 e. The van der Waals surface area contributed by atoms with E-state index in [1.54, 1.807) is 0 Å². The molecule has 1 atom stereocenters. The molecule has 2 heterocycles. The van der Waals surface area contributed by atoms with E-state index in [4.69, 9.17) is 4.52 Å². The van der Waals surface area contributed by atoms with Crippen LogP contribution in [0.1, 0.15) is 54.2 Å². The largest absolute Gasteiger partial charge is 0.337 e. The van der Waals surface area contributed by atoms with Crippen LogP contribution in [0, 0.1) is 13.8 Å². The molecule has 1 amide bonds. The van der Waals surface area contributed by atoms with Crippen molar-refractivity contribution in [3.8, 4) is 0 Å². The molecule has 0 N–H and O–H groups in total. The van der Waals surface area contributed by atoms with Gasteiger partial charge in [-0.05, 0) is 31.4 Å². The highest BCUT2D eigenvalue weighted by atomic mass is 16.5. The molecule has 1 fully saturated rings. The van der Waals surface area contributed by atoms with E-state index in [9.17, 15) is 4.79 Å². The second kappa shape index (κ2) is 5.91. The number of carbonyl (C=O) groups is 1. The van der Waals surface area contributed by atoms with Crippen LogP contribution >= 0.6 is 0 Å². The molecule has 0 aliphatic carbocycles. The smallest absolute Gasteiger partial charge is 0.249 e. The van der Waals surface area contributed by atoms with Crippen LogP contribution in [0.5, 0.6) is 0 Å². The number of nitrogens with zero attached hydrogens (tertiary/aromatic N) is 3. The van der Waals surface area contributed by atoms with E-state index < -0.39 is 0 Å². The highest BCUT2D eigenvalue weighted by Gasteiger charge is 2.35. The lowest BCUT2D eigenvalue weighted by Crippen LogP contribution is -2.27. The molecule has 0 spiro atoms. The molecule has 1 unspecified atom stereocenters. The van der Waals surface area contributed by atoms with Crippen molar-refractivity contribution in [2.45, 2.75) is 52.6 Å². The zero-order valence-electron chi connectivity index (χ0n) is 13.3. The van der Waals surface area contributed by atoms with Gasteiger partial charge >= 0.3 is 0 Å². The molecule has 2 aromatic rings. The minimum absolute atomic E-state index is 0.0963. The average Bonchev–Trinajstić information content (AvgIpc) is 3.09. The molecule has 1 aliphatic heterocycles. The number of hydrogen-bond acceptors (Lipinski definition) is 4. The number of amides is 1. The molecule has 3 rings (SSSR count). The Labute approximate surface area is 130 Å². The van der Waals surface area contributed by atoms with Gasteiger partial charge in [0.1, 0.15) is 6.04 Å². The molecule has 1 aromatic carbocycles. The zero-order chi connectivity index (χ0) is 15.7. The number of hydrogen-bond donors (Lipinski definition) is 0. The lowest BCUT2D eigenvalue weighted by molar-refractivity contribution is -0.130. The molecule has 1 aromatic heterocycles. The first-order valence-electron chi connectivity index (χ1n) is 7.76. The first-order chi connectivity index (χ1) is 10.6. The van der Waals surface area contributed by atoms with E-state index >= 15 is 0 Å². The first-order valence-corrected chi connectivity index (χ1v) is 7.76. The number of aromatic nitrogens is 2. The standard InChI is InChI=1S/C17H21N3O2/c1-4-15-18-17(22-19-15)14-7-8-16(21)20(14)10-13-6-5-11(2)9-12(13)3/h5-6,9,14H,4,7-8,10H2,1-3H3. The highest BCUT2D eigenvalue weighted by Crippen LogP contribution is 2.33. The first kappa shape index (κ1) is 14.8. The van der Waals surface area contributed by atoms with Crippen LogP contribution in [0.4, 0.5) is 0 Å². The fourth-order valence-electron chi connectivity index (χ4n) is 2.94. The van der Waals surface area contributed by atoms with Crippen LogP contribution < -0.4 is 0 Å². The maximum absolute atomic E-state index is 12.3. The fraction of sp³-hybridized carbons (Fsp3) is 0.471. The Bertz CT molecular complexity index is 693. The molecule has 0 saturated carbocycles. The van der Waals surface area contributed by atoms with E-state index in [-0.39, 0.29) is 11.9 Å². The summed E-state index contributed by atoms with van der Waals surface area (Å²) in [6.07, 6.45) is 2.02. The van der Waals surface area contributed by atoms with Gasteiger partial charge in [0, 0.05) is 19.4 Å². The summed E-state index contributed by atoms with van der Waals surface area (Å²) in [5.41, 5.74) is 3.61. The Balaban J connectivity index is 1.84. The van der Waals surface area contributed by atoms with Crippen LogP contribution in [-0.4, -0.2) is 20.9 Å². The van der Waals surface area contributed by atoms with Crippen molar-refractivity contribution < 1.29 is 9.32 Å². The Morgan fingerprint density at radius 1 is 1.36 bits per heavy atom. The van der Waals surface area contributed by atoms with Gasteiger partial charge in [0.2, 0.25) is 11.8 Å². The summed E-state index contributed by atoms with van der Waals surface area (Å²) in [5.74, 6) is 1.41. The normalized spacial score (nSPS) is 18.2. The molecule has 5 nitrogen and oxygen atoms in total. The SMILES string of the molecule is CCc1noc(C2CCC(=O)N2Cc2ccc(C)cc2C)n1. The molecular formula is C17H21N3O2. The molecule has 1 aliphatic rings. The quantitative estimate of drug-likeness (QED) is 0.870. The third-order valence-corrected chi connectivity index (χ3v) is 4.25. The van der Waals surface area contributed by atoms with Crippen LogP contribution in [0.3, 0.4) is 0 Å². The summed E-state index contributed by atoms with van der Waals surface area (Å²) in [7, 11) is 0. The van der Waals surface area contributed by atoms with Crippen LogP contribution in [0.25, 0.3) is 0 Å². The lowest BCUT2D eigenvalue weighted by Gasteiger charge is -2.23. The van der Waals surface area contributed by atoms with Gasteiger partial charge in [0.25, 0.3) is 0 Å². The number of benzene rings is 1. The Morgan fingerprint density at radius 3 is 2.86 bits per heavy atom. The van der Waals surface area contributed by atoms with Crippen molar-refractivity contribution >= 4 is 5.91 Å². The summed E-state index contributed by atoms with van der Waals surface area (Å²) in [6.45, 7) is 6.74. The third-order valence-electron chi connectivity index (χ3n) is 4.25. The van der Waals surface area contributed by atoms with Crippen molar-refractivity contribution in [3.05, 3.63) is 46.6 Å². The molecule has 0 bridgehead atoms. The van der Waals surface area contributed by atoms with Crippen molar-refractivity contribution in [1.82, 2.24) is 15.0 Å². The van der Waals surface area contributed by atoms with Crippen molar-refractivity contribution in [2.75, 3.05) is 0 Å². The van der Waals surface area contributed by atoms with Crippen LogP contribution in [0.15, 0.2) is 22.7 Å². The van der Waals surface area contributed by atoms with Crippen molar-refractivity contribution in [3.63, 3.8) is 0 Å². The predicted molar refractivity (Wildman–Crippen MR) is 82.1 cm³/mol. The Kier molecular flexibility index (Phi) is 3.96. The molecule has 116 valence electrons. The molecule has 5 heteroatoms. The van der Waals surface area contributed by atoms with Gasteiger partial charge in [0.15, 0.2) is 5.82 Å². The van der Waals surface area contributed by atoms with E-state index in [0.29, 0.717) is 24.7 Å². The highest BCUT2D eigenvalue weighted by molar-refractivity contribution is 5.78.